The van der Waals surface area contributed by atoms with E-state index in [9.17, 15) is 0 Å². The van der Waals surface area contributed by atoms with Crippen LogP contribution in [0.15, 0.2) is 184 Å². The zero-order valence-electron chi connectivity index (χ0n) is 30.9. The lowest BCUT2D eigenvalue weighted by Crippen LogP contribution is -2.15. The molecule has 0 bridgehead atoms. The van der Waals surface area contributed by atoms with Gasteiger partial charge in [0.15, 0.2) is 5.82 Å². The minimum Gasteiger partial charge on any atom is -0.294 e. The van der Waals surface area contributed by atoms with Crippen molar-refractivity contribution in [2.24, 2.45) is 0 Å². The summed E-state index contributed by atoms with van der Waals surface area (Å²) >= 11 is 3.79. The predicted molar refractivity (Wildman–Crippen MR) is 232 cm³/mol. The van der Waals surface area contributed by atoms with E-state index in [1.165, 1.54) is 63.7 Å². The fourth-order valence-corrected chi connectivity index (χ4v) is 10.5. The third kappa shape index (κ3) is 5.52. The van der Waals surface area contributed by atoms with Gasteiger partial charge in [-0.2, -0.15) is 0 Å². The summed E-state index contributed by atoms with van der Waals surface area (Å²) in [5.41, 5.74) is 12.7. The number of fused-ring (bicyclic) bond motifs is 8. The topological polar surface area (TPSA) is 30.7 Å². The highest BCUT2D eigenvalue weighted by Gasteiger charge is 2.37. The second-order valence-electron chi connectivity index (χ2n) is 14.6. The summed E-state index contributed by atoms with van der Waals surface area (Å²) < 4.78 is 2.28. The Labute approximate surface area is 330 Å². The lowest BCUT2D eigenvalue weighted by Gasteiger charge is -2.24. The molecule has 0 unspecified atom stereocenters. The molecule has 0 N–H and O–H groups in total. The fourth-order valence-electron chi connectivity index (χ4n) is 8.22. The number of nitrogens with zero attached hydrogens (tertiary/aromatic N) is 3. The van der Waals surface area contributed by atoms with Crippen LogP contribution >= 0.6 is 23.5 Å². The largest absolute Gasteiger partial charge is 0.294 e. The summed E-state index contributed by atoms with van der Waals surface area (Å²) in [6.45, 7) is 10.9. The van der Waals surface area contributed by atoms with E-state index in [-0.39, 0.29) is 5.41 Å². The van der Waals surface area contributed by atoms with Gasteiger partial charge < -0.3 is 0 Å². The van der Waals surface area contributed by atoms with E-state index in [0.717, 1.165) is 33.7 Å². The highest BCUT2D eigenvalue weighted by Crippen LogP contribution is 2.56. The molecule has 1 aliphatic carbocycles. The molecule has 3 nitrogen and oxygen atoms in total. The van der Waals surface area contributed by atoms with Crippen LogP contribution < -0.4 is 0 Å². The van der Waals surface area contributed by atoms with Crippen molar-refractivity contribution in [2.75, 3.05) is 0 Å². The average Bonchev–Trinajstić information content (AvgIpc) is 3.67. The first-order chi connectivity index (χ1) is 26.9. The molecule has 3 heterocycles. The Morgan fingerprint density at radius 1 is 0.618 bits per heavy atom. The van der Waals surface area contributed by atoms with Gasteiger partial charge in [-0.25, -0.2) is 9.97 Å². The van der Waals surface area contributed by atoms with E-state index in [4.69, 9.17) is 9.97 Å². The van der Waals surface area contributed by atoms with E-state index in [1.54, 1.807) is 0 Å². The van der Waals surface area contributed by atoms with Gasteiger partial charge in [0.2, 0.25) is 0 Å². The lowest BCUT2D eigenvalue weighted by molar-refractivity contribution is 0.657. The van der Waals surface area contributed by atoms with Crippen molar-refractivity contribution >= 4 is 50.9 Å². The van der Waals surface area contributed by atoms with Crippen molar-refractivity contribution in [1.82, 2.24) is 14.5 Å². The van der Waals surface area contributed by atoms with Gasteiger partial charge in [-0.05, 0) is 94.4 Å². The maximum atomic E-state index is 5.21. The number of allylic oxidation sites excluding steroid dienone is 5. The molecule has 8 aromatic rings. The van der Waals surface area contributed by atoms with E-state index in [1.807, 2.05) is 73.0 Å². The minimum absolute atomic E-state index is 0.0831. The summed E-state index contributed by atoms with van der Waals surface area (Å²) in [5, 5.41) is 2.37. The van der Waals surface area contributed by atoms with Gasteiger partial charge in [0.1, 0.15) is 5.82 Å². The van der Waals surface area contributed by atoms with Crippen molar-refractivity contribution < 1.29 is 0 Å². The quantitative estimate of drug-likeness (QED) is 0.159. The lowest BCUT2D eigenvalue weighted by atomic mass is 9.82. The summed E-state index contributed by atoms with van der Waals surface area (Å²) in [6, 6.07) is 48.5. The molecular formula is C50H37N3S2. The highest BCUT2D eigenvalue weighted by atomic mass is 32.2. The summed E-state index contributed by atoms with van der Waals surface area (Å²) in [4.78, 5) is 15.6. The first-order valence-corrected chi connectivity index (χ1v) is 20.3. The number of para-hydroxylation sites is 1. The fraction of sp³-hybridized carbons (Fsp3) is 0.0800. The van der Waals surface area contributed by atoms with Crippen LogP contribution in [0.25, 0.3) is 66.8 Å². The Balaban J connectivity index is 1.12. The number of benzene rings is 6. The Bertz CT molecular complexity index is 2930. The monoisotopic (exact) mass is 743 g/mol. The van der Waals surface area contributed by atoms with E-state index in [2.05, 4.69) is 140 Å². The Hall–Kier alpha value is -5.88. The molecule has 0 amide bonds. The minimum atomic E-state index is -0.0831. The smallest absolute Gasteiger partial charge is 0.162 e. The van der Waals surface area contributed by atoms with Gasteiger partial charge in [0.25, 0.3) is 0 Å². The maximum absolute atomic E-state index is 5.21. The molecule has 0 radical (unpaired) electrons. The third-order valence-corrected chi connectivity index (χ3v) is 13.5. The molecule has 0 saturated carbocycles. The Morgan fingerprint density at radius 2 is 1.29 bits per heavy atom. The predicted octanol–water partition coefficient (Wildman–Crippen LogP) is 14.0. The second-order valence-corrected chi connectivity index (χ2v) is 16.8. The second kappa shape index (κ2) is 13.2. The molecule has 6 aromatic carbocycles. The van der Waals surface area contributed by atoms with Crippen LogP contribution in [0.5, 0.6) is 0 Å². The summed E-state index contributed by atoms with van der Waals surface area (Å²) in [7, 11) is 0. The normalized spacial score (nSPS) is 14.2. The van der Waals surface area contributed by atoms with Gasteiger partial charge >= 0.3 is 0 Å². The van der Waals surface area contributed by atoms with E-state index in [0.29, 0.717) is 5.82 Å². The third-order valence-electron chi connectivity index (χ3n) is 11.0. The molecule has 2 aromatic heterocycles. The van der Waals surface area contributed by atoms with Crippen molar-refractivity contribution in [3.63, 3.8) is 0 Å². The summed E-state index contributed by atoms with van der Waals surface area (Å²) in [5.74, 6) is 1.49. The molecular weight excluding hydrogens is 707 g/mol. The molecule has 5 heteroatoms. The van der Waals surface area contributed by atoms with Gasteiger partial charge in [0.05, 0.1) is 16.7 Å². The molecule has 1 aliphatic heterocycles. The molecule has 0 atom stereocenters. The van der Waals surface area contributed by atoms with Crippen molar-refractivity contribution in [3.05, 3.63) is 181 Å². The van der Waals surface area contributed by atoms with Gasteiger partial charge in [-0.1, -0.05) is 147 Å². The average molecular weight is 744 g/mol. The first kappa shape index (κ1) is 33.7. The number of hydrogen-bond acceptors (Lipinski definition) is 4. The van der Waals surface area contributed by atoms with Crippen LogP contribution in [0.3, 0.4) is 0 Å². The van der Waals surface area contributed by atoms with Crippen LogP contribution in [-0.4, -0.2) is 14.5 Å². The number of aromatic nitrogens is 3. The molecule has 10 rings (SSSR count). The molecule has 55 heavy (non-hydrogen) atoms. The van der Waals surface area contributed by atoms with Gasteiger partial charge in [-0.3, -0.25) is 4.57 Å². The van der Waals surface area contributed by atoms with Crippen molar-refractivity contribution in [2.45, 2.75) is 45.8 Å². The number of rotatable bonds is 6. The molecule has 264 valence electrons. The number of hydrogen-bond donors (Lipinski definition) is 0. The Morgan fingerprint density at radius 3 is 2.07 bits per heavy atom. The van der Waals surface area contributed by atoms with Crippen LogP contribution in [0.2, 0.25) is 0 Å². The molecule has 0 spiro atoms. The van der Waals surface area contributed by atoms with Crippen LogP contribution in [0.1, 0.15) is 37.6 Å². The van der Waals surface area contributed by atoms with Gasteiger partial charge in [-0.15, -0.1) is 0 Å². The first-order valence-electron chi connectivity index (χ1n) is 18.6. The molecule has 0 saturated heterocycles. The van der Waals surface area contributed by atoms with Crippen LogP contribution in [-0.2, 0) is 5.41 Å². The SMILES string of the molecule is C=C/C(=C\C=C/C)c1cc(-n2c3ccccc3c3cc(-c4ccc5c(c4)-c4cc6c(cc4C5(C)C)Sc4ccccc4S6)ccc32)nc(-c2ccccc2)n1. The van der Waals surface area contributed by atoms with Gasteiger partial charge in [0, 0.05) is 47.4 Å². The van der Waals surface area contributed by atoms with Crippen molar-refractivity contribution in [3.8, 4) is 39.5 Å². The summed E-state index contributed by atoms with van der Waals surface area (Å²) in [6.07, 6.45) is 7.94. The van der Waals surface area contributed by atoms with Crippen molar-refractivity contribution in [1.29, 1.82) is 0 Å². The van der Waals surface area contributed by atoms with E-state index < -0.39 is 0 Å². The Kier molecular flexibility index (Phi) is 8.05. The zero-order chi connectivity index (χ0) is 37.3. The highest BCUT2D eigenvalue weighted by molar-refractivity contribution is 8.05. The molecule has 2 aliphatic rings. The maximum Gasteiger partial charge on any atom is 0.162 e. The van der Waals surface area contributed by atoms with Crippen LogP contribution in [0, 0.1) is 0 Å². The van der Waals surface area contributed by atoms with Crippen LogP contribution in [0.4, 0.5) is 0 Å². The standard InChI is InChI=1S/C50H37N3S2/c1-5-7-15-31(6-2)41-30-48(52-49(51-41)32-16-9-8-10-17-32)53-42-19-12-11-18-35(42)38-27-34(23-25-43(38)53)33-22-24-39-36(26-33)37-28-46-47(29-40(37)50(39,3)4)55-45-21-14-13-20-44(45)54-46/h5-30H,2H2,1,3-4H3/b7-5-,31-15+. The van der Waals surface area contributed by atoms with E-state index >= 15 is 0 Å². The molecule has 0 fully saturated rings. The zero-order valence-corrected chi connectivity index (χ0v) is 32.5.